The van der Waals surface area contributed by atoms with Crippen molar-refractivity contribution in [2.24, 2.45) is 5.92 Å². The summed E-state index contributed by atoms with van der Waals surface area (Å²) < 4.78 is 17.9. The van der Waals surface area contributed by atoms with Crippen molar-refractivity contribution in [2.45, 2.75) is 19.5 Å². The van der Waals surface area contributed by atoms with E-state index in [9.17, 15) is 4.39 Å². The predicted molar refractivity (Wildman–Crippen MR) is 62.5 cm³/mol. The van der Waals surface area contributed by atoms with Crippen molar-refractivity contribution < 1.29 is 9.13 Å². The van der Waals surface area contributed by atoms with Gasteiger partial charge in [-0.25, -0.2) is 4.39 Å². The molecular formula is C13H18FNO. The van der Waals surface area contributed by atoms with E-state index in [2.05, 4.69) is 5.32 Å². The molecule has 0 bridgehead atoms. The lowest BCUT2D eigenvalue weighted by Gasteiger charge is -2.13. The van der Waals surface area contributed by atoms with Crippen LogP contribution in [0.1, 0.15) is 17.5 Å². The molecule has 2 nitrogen and oxygen atoms in total. The van der Waals surface area contributed by atoms with Crippen molar-refractivity contribution in [1.82, 2.24) is 5.32 Å². The fourth-order valence-corrected chi connectivity index (χ4v) is 2.27. The molecule has 2 rings (SSSR count). The Hall–Kier alpha value is -1.09. The number of hydrogen-bond donors (Lipinski definition) is 1. The van der Waals surface area contributed by atoms with Gasteiger partial charge in [0.15, 0.2) is 0 Å². The minimum absolute atomic E-state index is 0.403. The van der Waals surface area contributed by atoms with Gasteiger partial charge in [0.05, 0.1) is 7.11 Å². The van der Waals surface area contributed by atoms with Crippen molar-refractivity contribution >= 4 is 0 Å². The average Bonchev–Trinajstić information content (AvgIpc) is 2.82. The van der Waals surface area contributed by atoms with Crippen LogP contribution in [0.2, 0.25) is 0 Å². The van der Waals surface area contributed by atoms with Gasteiger partial charge in [-0.1, -0.05) is 6.07 Å². The van der Waals surface area contributed by atoms with E-state index in [1.54, 1.807) is 13.2 Å². The molecule has 1 N–H and O–H groups in total. The SMILES string of the molecule is COc1ccc(CF)cc1CC1CCNC1. The summed E-state index contributed by atoms with van der Waals surface area (Å²) in [5, 5.41) is 3.34. The Morgan fingerprint density at radius 1 is 1.50 bits per heavy atom. The van der Waals surface area contributed by atoms with Crippen LogP contribution in [-0.2, 0) is 13.1 Å². The highest BCUT2D eigenvalue weighted by atomic mass is 19.1. The molecule has 1 atom stereocenters. The largest absolute Gasteiger partial charge is 0.496 e. The van der Waals surface area contributed by atoms with Gasteiger partial charge in [0.2, 0.25) is 0 Å². The third-order valence-electron chi connectivity index (χ3n) is 3.17. The second-order valence-electron chi connectivity index (χ2n) is 4.34. The molecule has 16 heavy (non-hydrogen) atoms. The van der Waals surface area contributed by atoms with E-state index >= 15 is 0 Å². The molecule has 0 aromatic heterocycles. The molecule has 0 radical (unpaired) electrons. The lowest BCUT2D eigenvalue weighted by molar-refractivity contribution is 0.404. The van der Waals surface area contributed by atoms with E-state index in [0.717, 1.165) is 36.4 Å². The standard InChI is InChI=1S/C13H18FNO/c1-16-13-3-2-10(8-14)6-12(13)7-11-4-5-15-9-11/h2-3,6,11,15H,4-5,7-9H2,1H3. The first kappa shape index (κ1) is 11.4. The zero-order chi connectivity index (χ0) is 11.4. The lowest BCUT2D eigenvalue weighted by atomic mass is 9.97. The summed E-state index contributed by atoms with van der Waals surface area (Å²) in [7, 11) is 1.67. The minimum Gasteiger partial charge on any atom is -0.496 e. The Labute approximate surface area is 95.8 Å². The fourth-order valence-electron chi connectivity index (χ4n) is 2.27. The highest BCUT2D eigenvalue weighted by Gasteiger charge is 2.17. The molecule has 3 heteroatoms. The molecular weight excluding hydrogens is 205 g/mol. The molecule has 1 saturated heterocycles. The van der Waals surface area contributed by atoms with E-state index < -0.39 is 6.67 Å². The highest BCUT2D eigenvalue weighted by Crippen LogP contribution is 2.25. The molecule has 1 unspecified atom stereocenters. The summed E-state index contributed by atoms with van der Waals surface area (Å²) in [6, 6.07) is 5.58. The number of ether oxygens (including phenoxy) is 1. The van der Waals surface area contributed by atoms with Crippen LogP contribution in [0.15, 0.2) is 18.2 Å². The summed E-state index contributed by atoms with van der Waals surface area (Å²) in [5.41, 5.74) is 1.87. The summed E-state index contributed by atoms with van der Waals surface area (Å²) in [6.45, 7) is 1.75. The molecule has 1 aliphatic heterocycles. The topological polar surface area (TPSA) is 21.3 Å². The highest BCUT2D eigenvalue weighted by molar-refractivity contribution is 5.37. The normalized spacial score (nSPS) is 20.0. The first-order chi connectivity index (χ1) is 7.83. The van der Waals surface area contributed by atoms with Gasteiger partial charge >= 0.3 is 0 Å². The van der Waals surface area contributed by atoms with E-state index in [-0.39, 0.29) is 0 Å². The molecule has 88 valence electrons. The van der Waals surface area contributed by atoms with Crippen molar-refractivity contribution in [1.29, 1.82) is 0 Å². The third kappa shape index (κ3) is 2.53. The summed E-state index contributed by atoms with van der Waals surface area (Å²) in [6.07, 6.45) is 2.17. The van der Waals surface area contributed by atoms with Gasteiger partial charge in [-0.05, 0) is 55.1 Å². The van der Waals surface area contributed by atoms with Crippen LogP contribution in [0.25, 0.3) is 0 Å². The molecule has 0 saturated carbocycles. The van der Waals surface area contributed by atoms with Crippen molar-refractivity contribution in [3.63, 3.8) is 0 Å². The van der Waals surface area contributed by atoms with E-state index in [0.29, 0.717) is 5.92 Å². The summed E-state index contributed by atoms with van der Waals surface area (Å²) >= 11 is 0. The maximum Gasteiger partial charge on any atom is 0.122 e. The molecule has 0 amide bonds. The molecule has 1 aromatic carbocycles. The van der Waals surface area contributed by atoms with Gasteiger partial charge in [0.1, 0.15) is 12.4 Å². The second kappa shape index (κ2) is 5.30. The minimum atomic E-state index is -0.403. The quantitative estimate of drug-likeness (QED) is 0.845. The molecule has 0 aliphatic carbocycles. The molecule has 1 fully saturated rings. The Balaban J connectivity index is 2.15. The van der Waals surface area contributed by atoms with Gasteiger partial charge in [-0.3, -0.25) is 0 Å². The van der Waals surface area contributed by atoms with Crippen LogP contribution in [0.5, 0.6) is 5.75 Å². The monoisotopic (exact) mass is 223 g/mol. The van der Waals surface area contributed by atoms with E-state index in [1.807, 2.05) is 12.1 Å². The van der Waals surface area contributed by atoms with Crippen LogP contribution in [0.4, 0.5) is 4.39 Å². The maximum atomic E-state index is 12.6. The zero-order valence-electron chi connectivity index (χ0n) is 9.63. The van der Waals surface area contributed by atoms with Gasteiger partial charge in [-0.2, -0.15) is 0 Å². The number of rotatable bonds is 4. The number of nitrogens with one attached hydrogen (secondary N) is 1. The van der Waals surface area contributed by atoms with Crippen LogP contribution >= 0.6 is 0 Å². The first-order valence-corrected chi connectivity index (χ1v) is 5.76. The first-order valence-electron chi connectivity index (χ1n) is 5.76. The number of alkyl halides is 1. The number of hydrogen-bond acceptors (Lipinski definition) is 2. The van der Waals surface area contributed by atoms with E-state index in [1.165, 1.54) is 6.42 Å². The Bertz CT molecular complexity index is 348. The van der Waals surface area contributed by atoms with Crippen molar-refractivity contribution in [3.05, 3.63) is 29.3 Å². The van der Waals surface area contributed by atoms with Crippen LogP contribution in [-0.4, -0.2) is 20.2 Å². The summed E-state index contributed by atoms with van der Waals surface area (Å²) in [4.78, 5) is 0. The predicted octanol–water partition coefficient (Wildman–Crippen LogP) is 2.32. The number of methoxy groups -OCH3 is 1. The summed E-state index contributed by atoms with van der Waals surface area (Å²) in [5.74, 6) is 1.54. The molecule has 1 heterocycles. The Morgan fingerprint density at radius 3 is 3.00 bits per heavy atom. The van der Waals surface area contributed by atoms with E-state index in [4.69, 9.17) is 4.74 Å². The number of halogens is 1. The van der Waals surface area contributed by atoms with Gasteiger partial charge in [0, 0.05) is 0 Å². The maximum absolute atomic E-state index is 12.6. The fraction of sp³-hybridized carbons (Fsp3) is 0.538. The van der Waals surface area contributed by atoms with Crippen molar-refractivity contribution in [3.8, 4) is 5.75 Å². The Morgan fingerprint density at radius 2 is 2.38 bits per heavy atom. The Kier molecular flexibility index (Phi) is 3.78. The van der Waals surface area contributed by atoms with Gasteiger partial charge in [-0.15, -0.1) is 0 Å². The zero-order valence-corrected chi connectivity index (χ0v) is 9.63. The molecule has 1 aromatic rings. The van der Waals surface area contributed by atoms with Crippen LogP contribution in [0, 0.1) is 5.92 Å². The lowest BCUT2D eigenvalue weighted by Crippen LogP contribution is -2.11. The number of benzene rings is 1. The van der Waals surface area contributed by atoms with Crippen LogP contribution in [0.3, 0.4) is 0 Å². The second-order valence-corrected chi connectivity index (χ2v) is 4.34. The molecule has 1 aliphatic rings. The van der Waals surface area contributed by atoms with Gasteiger partial charge in [0.25, 0.3) is 0 Å². The third-order valence-corrected chi connectivity index (χ3v) is 3.17. The van der Waals surface area contributed by atoms with Crippen LogP contribution < -0.4 is 10.1 Å². The van der Waals surface area contributed by atoms with Gasteiger partial charge < -0.3 is 10.1 Å². The average molecular weight is 223 g/mol. The molecule has 0 spiro atoms. The van der Waals surface area contributed by atoms with Crippen molar-refractivity contribution in [2.75, 3.05) is 20.2 Å². The smallest absolute Gasteiger partial charge is 0.122 e.